The number of aromatic nitrogens is 2. The van der Waals surface area contributed by atoms with Crippen LogP contribution < -0.4 is 4.90 Å². The minimum Gasteiger partial charge on any atom is -0.369 e. The molecule has 0 saturated carbocycles. The van der Waals surface area contributed by atoms with E-state index in [9.17, 15) is 8.42 Å². The van der Waals surface area contributed by atoms with E-state index in [1.54, 1.807) is 15.9 Å². The maximum absolute atomic E-state index is 12.9. The van der Waals surface area contributed by atoms with Gasteiger partial charge in [-0.05, 0) is 38.5 Å². The minimum absolute atomic E-state index is 0.307. The number of nitrogens with zero attached hydrogens (tertiary/aromatic N) is 4. The summed E-state index contributed by atoms with van der Waals surface area (Å²) in [5.41, 5.74) is 2.90. The van der Waals surface area contributed by atoms with E-state index >= 15 is 0 Å². The first kappa shape index (κ1) is 18.2. The molecule has 25 heavy (non-hydrogen) atoms. The number of halogens is 1. The number of aryl methyl sites for hydroxylation is 2. The van der Waals surface area contributed by atoms with Crippen LogP contribution in [0.25, 0.3) is 0 Å². The summed E-state index contributed by atoms with van der Waals surface area (Å²) in [5.74, 6) is 0. The third kappa shape index (κ3) is 3.41. The van der Waals surface area contributed by atoms with Crippen LogP contribution in [0.5, 0.6) is 0 Å². The van der Waals surface area contributed by atoms with Gasteiger partial charge in [0.05, 0.1) is 11.9 Å². The van der Waals surface area contributed by atoms with Gasteiger partial charge >= 0.3 is 0 Å². The molecule has 0 unspecified atom stereocenters. The topological polar surface area (TPSA) is 58.4 Å². The predicted octanol–water partition coefficient (Wildman–Crippen LogP) is 2.68. The van der Waals surface area contributed by atoms with E-state index in [1.165, 1.54) is 6.20 Å². The quantitative estimate of drug-likeness (QED) is 0.815. The molecule has 2 aromatic rings. The Morgan fingerprint density at radius 3 is 2.44 bits per heavy atom. The van der Waals surface area contributed by atoms with Crippen molar-refractivity contribution in [1.82, 2.24) is 14.1 Å². The number of hydrogen-bond acceptors (Lipinski definition) is 4. The molecule has 2 heterocycles. The van der Waals surface area contributed by atoms with Crippen molar-refractivity contribution in [3.05, 3.63) is 40.7 Å². The number of hydrogen-bond donors (Lipinski definition) is 0. The van der Waals surface area contributed by atoms with Gasteiger partial charge in [0, 0.05) is 43.4 Å². The fourth-order valence-electron chi connectivity index (χ4n) is 3.23. The number of sulfonamides is 1. The average Bonchev–Trinajstić information content (AvgIpc) is 2.98. The smallest absolute Gasteiger partial charge is 0.246 e. The lowest BCUT2D eigenvalue weighted by molar-refractivity contribution is 0.384. The van der Waals surface area contributed by atoms with Crippen molar-refractivity contribution in [2.24, 2.45) is 0 Å². The molecule has 0 aliphatic carbocycles. The largest absolute Gasteiger partial charge is 0.369 e. The van der Waals surface area contributed by atoms with Crippen molar-refractivity contribution >= 4 is 27.3 Å². The van der Waals surface area contributed by atoms with Crippen molar-refractivity contribution in [2.45, 2.75) is 32.2 Å². The summed E-state index contributed by atoms with van der Waals surface area (Å²) in [7, 11) is -3.51. The Labute approximate surface area is 154 Å². The van der Waals surface area contributed by atoms with Crippen LogP contribution in [0, 0.1) is 13.8 Å². The van der Waals surface area contributed by atoms with Crippen molar-refractivity contribution in [3.8, 4) is 0 Å². The van der Waals surface area contributed by atoms with Crippen LogP contribution in [0.3, 0.4) is 0 Å². The summed E-state index contributed by atoms with van der Waals surface area (Å²) in [4.78, 5) is 2.50. The predicted molar refractivity (Wildman–Crippen MR) is 99.8 cm³/mol. The van der Waals surface area contributed by atoms with E-state index < -0.39 is 10.0 Å². The Morgan fingerprint density at radius 1 is 1.16 bits per heavy atom. The Hall–Kier alpha value is -1.57. The van der Waals surface area contributed by atoms with Gasteiger partial charge < -0.3 is 4.90 Å². The summed E-state index contributed by atoms with van der Waals surface area (Å²) in [6, 6.07) is 5.80. The fourth-order valence-corrected chi connectivity index (χ4v) is 4.98. The Kier molecular flexibility index (Phi) is 5.09. The number of benzene rings is 1. The molecule has 1 aliphatic heterocycles. The lowest BCUT2D eigenvalue weighted by Crippen LogP contribution is -2.48. The van der Waals surface area contributed by atoms with Gasteiger partial charge in [0.1, 0.15) is 4.90 Å². The van der Waals surface area contributed by atoms with Gasteiger partial charge in [-0.3, -0.25) is 4.68 Å². The van der Waals surface area contributed by atoms with Gasteiger partial charge in [-0.2, -0.15) is 9.40 Å². The molecule has 0 amide bonds. The van der Waals surface area contributed by atoms with Crippen LogP contribution in [0.15, 0.2) is 29.3 Å². The highest BCUT2D eigenvalue weighted by molar-refractivity contribution is 7.89. The highest BCUT2D eigenvalue weighted by Gasteiger charge is 2.31. The monoisotopic (exact) mass is 382 g/mol. The normalized spacial score (nSPS) is 16.4. The van der Waals surface area contributed by atoms with Crippen molar-refractivity contribution in [3.63, 3.8) is 0 Å². The number of anilines is 1. The van der Waals surface area contributed by atoms with E-state index in [4.69, 9.17) is 11.6 Å². The summed E-state index contributed by atoms with van der Waals surface area (Å²) < 4.78 is 29.1. The summed E-state index contributed by atoms with van der Waals surface area (Å²) in [6.45, 7) is 8.62. The molecule has 0 N–H and O–H groups in total. The number of piperazine rings is 1. The molecule has 0 atom stereocenters. The molecule has 3 rings (SSSR count). The first-order chi connectivity index (χ1) is 11.8. The molecule has 1 aromatic carbocycles. The molecule has 1 aliphatic rings. The zero-order chi connectivity index (χ0) is 18.2. The molecule has 0 radical (unpaired) electrons. The standard InChI is InChI=1S/C17H23ClN4O2S/c1-4-22-14(3)17(12-19-22)25(23,24)21-9-7-20(8-10-21)16-11-15(18)6-5-13(16)2/h5-6,11-12H,4,7-10H2,1-3H3. The SMILES string of the molecule is CCn1ncc(S(=O)(=O)N2CCN(c3cc(Cl)ccc3C)CC2)c1C. The molecule has 0 spiro atoms. The lowest BCUT2D eigenvalue weighted by Gasteiger charge is -2.36. The fraction of sp³-hybridized carbons (Fsp3) is 0.471. The number of rotatable bonds is 4. The second-order valence-corrected chi connectivity index (χ2v) is 8.57. The van der Waals surface area contributed by atoms with Crippen molar-refractivity contribution < 1.29 is 8.42 Å². The first-order valence-corrected chi connectivity index (χ1v) is 10.2. The zero-order valence-electron chi connectivity index (χ0n) is 14.7. The van der Waals surface area contributed by atoms with Crippen LogP contribution in [0.1, 0.15) is 18.2 Å². The lowest BCUT2D eigenvalue weighted by atomic mass is 10.1. The second kappa shape index (κ2) is 6.97. The highest BCUT2D eigenvalue weighted by atomic mass is 35.5. The van der Waals surface area contributed by atoms with E-state index in [1.807, 2.05) is 32.0 Å². The highest BCUT2D eigenvalue weighted by Crippen LogP contribution is 2.27. The first-order valence-electron chi connectivity index (χ1n) is 8.38. The summed E-state index contributed by atoms with van der Waals surface area (Å²) in [6.07, 6.45) is 1.46. The van der Waals surface area contributed by atoms with Crippen LogP contribution in [-0.4, -0.2) is 48.7 Å². The molecule has 6 nitrogen and oxygen atoms in total. The van der Waals surface area contributed by atoms with E-state index in [0.29, 0.717) is 48.3 Å². The Morgan fingerprint density at radius 2 is 1.84 bits per heavy atom. The molecular formula is C17H23ClN4O2S. The van der Waals surface area contributed by atoms with Gasteiger partial charge in [0.15, 0.2) is 0 Å². The summed E-state index contributed by atoms with van der Waals surface area (Å²) >= 11 is 6.11. The Bertz CT molecular complexity index is 871. The average molecular weight is 383 g/mol. The van der Waals surface area contributed by atoms with Gasteiger partial charge in [-0.15, -0.1) is 0 Å². The van der Waals surface area contributed by atoms with E-state index in [-0.39, 0.29) is 0 Å². The van der Waals surface area contributed by atoms with Gasteiger partial charge in [0.25, 0.3) is 0 Å². The molecule has 8 heteroatoms. The van der Waals surface area contributed by atoms with Crippen LogP contribution >= 0.6 is 11.6 Å². The molecule has 1 aromatic heterocycles. The molecular weight excluding hydrogens is 360 g/mol. The maximum atomic E-state index is 12.9. The molecule has 1 saturated heterocycles. The van der Waals surface area contributed by atoms with E-state index in [2.05, 4.69) is 10.00 Å². The summed E-state index contributed by atoms with van der Waals surface area (Å²) in [5, 5.41) is 4.86. The minimum atomic E-state index is -3.51. The van der Waals surface area contributed by atoms with Gasteiger partial charge in [-0.25, -0.2) is 8.42 Å². The van der Waals surface area contributed by atoms with Crippen molar-refractivity contribution in [2.75, 3.05) is 31.1 Å². The van der Waals surface area contributed by atoms with E-state index in [0.717, 1.165) is 11.3 Å². The molecule has 0 bridgehead atoms. The maximum Gasteiger partial charge on any atom is 0.246 e. The third-order valence-corrected chi connectivity index (χ3v) is 6.96. The second-order valence-electron chi connectivity index (χ2n) is 6.23. The van der Waals surface area contributed by atoms with Gasteiger partial charge in [0.2, 0.25) is 10.0 Å². The van der Waals surface area contributed by atoms with Crippen molar-refractivity contribution in [1.29, 1.82) is 0 Å². The van der Waals surface area contributed by atoms with Crippen LogP contribution in [0.4, 0.5) is 5.69 Å². The molecule has 136 valence electrons. The molecule has 1 fully saturated rings. The van der Waals surface area contributed by atoms with Crippen LogP contribution in [-0.2, 0) is 16.6 Å². The zero-order valence-corrected chi connectivity index (χ0v) is 16.3. The third-order valence-electron chi connectivity index (χ3n) is 4.73. The van der Waals surface area contributed by atoms with Gasteiger partial charge in [-0.1, -0.05) is 17.7 Å². The Balaban J connectivity index is 1.77. The van der Waals surface area contributed by atoms with Crippen LogP contribution in [0.2, 0.25) is 5.02 Å².